The fourth-order valence-corrected chi connectivity index (χ4v) is 2.41. The van der Waals surface area contributed by atoms with Crippen molar-refractivity contribution in [2.75, 3.05) is 19.2 Å². The van der Waals surface area contributed by atoms with Crippen LogP contribution in [0.4, 0.5) is 5.69 Å². The summed E-state index contributed by atoms with van der Waals surface area (Å²) in [7, 11) is 1.51. The third kappa shape index (κ3) is 2.78. The maximum atomic E-state index is 9.74. The number of phenols is 1. The van der Waals surface area contributed by atoms with E-state index in [1.807, 2.05) is 18.2 Å². The van der Waals surface area contributed by atoms with E-state index in [1.165, 1.54) is 7.11 Å². The Hall–Kier alpha value is -2.27. The van der Waals surface area contributed by atoms with Crippen LogP contribution in [0.15, 0.2) is 30.3 Å². The predicted molar refractivity (Wildman–Crippen MR) is 79.6 cm³/mol. The Labute approximate surface area is 127 Å². The van der Waals surface area contributed by atoms with Crippen LogP contribution < -0.4 is 19.5 Å². The van der Waals surface area contributed by atoms with E-state index in [2.05, 4.69) is 5.32 Å². The number of halogens is 1. The van der Waals surface area contributed by atoms with E-state index in [0.717, 1.165) is 11.3 Å². The Morgan fingerprint density at radius 2 is 2.14 bits per heavy atom. The van der Waals surface area contributed by atoms with Crippen LogP contribution in [-0.2, 0) is 6.54 Å². The van der Waals surface area contributed by atoms with Gasteiger partial charge in [0, 0.05) is 18.3 Å². The zero-order valence-corrected chi connectivity index (χ0v) is 12.1. The molecule has 0 aliphatic carbocycles. The minimum atomic E-state index is 0.0891. The summed E-state index contributed by atoms with van der Waals surface area (Å²) in [6, 6.07) is 8.83. The predicted octanol–water partition coefficient (Wildman–Crippen LogP) is 3.40. The van der Waals surface area contributed by atoms with E-state index in [-0.39, 0.29) is 12.5 Å². The first-order valence-corrected chi connectivity index (χ1v) is 6.74. The number of hydrogen-bond donors (Lipinski definition) is 2. The lowest BCUT2D eigenvalue weighted by Gasteiger charge is -2.10. The van der Waals surface area contributed by atoms with Gasteiger partial charge in [-0.15, -0.1) is 0 Å². The maximum Gasteiger partial charge on any atom is 0.231 e. The molecular formula is C15H14ClNO4. The molecule has 0 fully saturated rings. The molecule has 2 aromatic rings. The van der Waals surface area contributed by atoms with Gasteiger partial charge in [-0.1, -0.05) is 11.6 Å². The molecule has 0 unspecified atom stereocenters. The SMILES string of the molecule is COc1ccc(NCc2cc(Cl)c3c(c2)OCO3)cc1O. The number of nitrogens with one attached hydrogen (secondary N) is 1. The fourth-order valence-electron chi connectivity index (χ4n) is 2.13. The van der Waals surface area contributed by atoms with Crippen LogP contribution in [0, 0.1) is 0 Å². The van der Waals surface area contributed by atoms with Gasteiger partial charge in [0.05, 0.1) is 12.1 Å². The largest absolute Gasteiger partial charge is 0.504 e. The lowest BCUT2D eigenvalue weighted by atomic mass is 10.2. The number of anilines is 1. The van der Waals surface area contributed by atoms with E-state index >= 15 is 0 Å². The molecule has 0 atom stereocenters. The fraction of sp³-hybridized carbons (Fsp3) is 0.200. The van der Waals surface area contributed by atoms with Gasteiger partial charge >= 0.3 is 0 Å². The molecule has 0 bridgehead atoms. The Morgan fingerprint density at radius 1 is 1.29 bits per heavy atom. The molecule has 0 radical (unpaired) electrons. The summed E-state index contributed by atoms with van der Waals surface area (Å²) in [4.78, 5) is 0. The van der Waals surface area contributed by atoms with Crippen molar-refractivity contribution in [2.45, 2.75) is 6.54 Å². The summed E-state index contributed by atoms with van der Waals surface area (Å²) in [5.41, 5.74) is 1.74. The van der Waals surface area contributed by atoms with Gasteiger partial charge in [-0.25, -0.2) is 0 Å². The summed E-state index contributed by atoms with van der Waals surface area (Å²) < 4.78 is 15.6. The molecule has 5 nitrogen and oxygen atoms in total. The molecule has 1 aliphatic rings. The van der Waals surface area contributed by atoms with Crippen molar-refractivity contribution < 1.29 is 19.3 Å². The van der Waals surface area contributed by atoms with E-state index in [4.69, 9.17) is 25.8 Å². The average molecular weight is 308 g/mol. The highest BCUT2D eigenvalue weighted by Crippen LogP contribution is 2.40. The highest BCUT2D eigenvalue weighted by Gasteiger charge is 2.18. The number of fused-ring (bicyclic) bond motifs is 1. The molecule has 0 spiro atoms. The summed E-state index contributed by atoms with van der Waals surface area (Å²) >= 11 is 6.13. The Kier molecular flexibility index (Phi) is 3.66. The molecule has 0 aromatic heterocycles. The maximum absolute atomic E-state index is 9.74. The van der Waals surface area contributed by atoms with Crippen molar-refractivity contribution in [3.63, 3.8) is 0 Å². The van der Waals surface area contributed by atoms with E-state index in [9.17, 15) is 5.11 Å². The number of phenolic OH excluding ortho intramolecular Hbond substituents is 1. The standard InChI is InChI=1S/C15H14ClNO4/c1-19-13-3-2-10(6-12(13)18)17-7-9-4-11(16)15-14(5-9)20-8-21-15/h2-6,17-18H,7-8H2,1H3. The smallest absolute Gasteiger partial charge is 0.231 e. The molecule has 110 valence electrons. The summed E-state index contributed by atoms with van der Waals surface area (Å²) in [6.45, 7) is 0.737. The number of hydrogen-bond acceptors (Lipinski definition) is 5. The summed E-state index contributed by atoms with van der Waals surface area (Å²) in [5, 5.41) is 13.5. The van der Waals surface area contributed by atoms with E-state index < -0.39 is 0 Å². The number of aromatic hydroxyl groups is 1. The Balaban J connectivity index is 1.73. The van der Waals surface area contributed by atoms with Gasteiger partial charge < -0.3 is 24.6 Å². The zero-order chi connectivity index (χ0) is 14.8. The van der Waals surface area contributed by atoms with Crippen molar-refractivity contribution in [2.24, 2.45) is 0 Å². The third-order valence-electron chi connectivity index (χ3n) is 3.16. The Bertz CT molecular complexity index is 675. The molecule has 0 amide bonds. The van der Waals surface area contributed by atoms with Gasteiger partial charge in [-0.05, 0) is 29.8 Å². The first-order valence-electron chi connectivity index (χ1n) is 6.36. The van der Waals surface area contributed by atoms with Crippen LogP contribution in [0.5, 0.6) is 23.0 Å². The molecule has 0 saturated heterocycles. The number of methoxy groups -OCH3 is 1. The van der Waals surface area contributed by atoms with Crippen LogP contribution in [0.2, 0.25) is 5.02 Å². The van der Waals surface area contributed by atoms with Crippen molar-refractivity contribution >= 4 is 17.3 Å². The van der Waals surface area contributed by atoms with Gasteiger partial charge in [-0.3, -0.25) is 0 Å². The highest BCUT2D eigenvalue weighted by atomic mass is 35.5. The van der Waals surface area contributed by atoms with Gasteiger partial charge in [0.2, 0.25) is 6.79 Å². The first kappa shape index (κ1) is 13.7. The van der Waals surface area contributed by atoms with Crippen molar-refractivity contribution in [3.8, 4) is 23.0 Å². The normalized spacial score (nSPS) is 12.3. The number of rotatable bonds is 4. The van der Waals surface area contributed by atoms with Crippen LogP contribution in [0.25, 0.3) is 0 Å². The molecule has 6 heteroatoms. The molecule has 0 saturated carbocycles. The summed E-state index contributed by atoms with van der Waals surface area (Å²) in [6.07, 6.45) is 0. The average Bonchev–Trinajstić information content (AvgIpc) is 2.94. The van der Waals surface area contributed by atoms with Crippen LogP contribution in [0.1, 0.15) is 5.56 Å². The third-order valence-corrected chi connectivity index (χ3v) is 3.44. The monoisotopic (exact) mass is 307 g/mol. The molecule has 3 rings (SSSR count). The van der Waals surface area contributed by atoms with Crippen LogP contribution in [-0.4, -0.2) is 19.0 Å². The van der Waals surface area contributed by atoms with Gasteiger partial charge in [0.1, 0.15) is 0 Å². The lowest BCUT2D eigenvalue weighted by Crippen LogP contribution is -1.99. The lowest BCUT2D eigenvalue weighted by molar-refractivity contribution is 0.174. The van der Waals surface area contributed by atoms with E-state index in [1.54, 1.807) is 12.1 Å². The highest BCUT2D eigenvalue weighted by molar-refractivity contribution is 6.32. The van der Waals surface area contributed by atoms with Gasteiger partial charge in [0.25, 0.3) is 0 Å². The van der Waals surface area contributed by atoms with Crippen LogP contribution in [0.3, 0.4) is 0 Å². The minimum absolute atomic E-state index is 0.0891. The summed E-state index contributed by atoms with van der Waals surface area (Å²) in [5.74, 6) is 1.76. The topological polar surface area (TPSA) is 60.0 Å². The van der Waals surface area contributed by atoms with Gasteiger partial charge in [-0.2, -0.15) is 0 Å². The van der Waals surface area contributed by atoms with Crippen molar-refractivity contribution in [1.29, 1.82) is 0 Å². The molecule has 1 heterocycles. The Morgan fingerprint density at radius 3 is 2.90 bits per heavy atom. The van der Waals surface area contributed by atoms with E-state index in [0.29, 0.717) is 28.8 Å². The number of ether oxygens (including phenoxy) is 3. The molecule has 1 aliphatic heterocycles. The second kappa shape index (κ2) is 5.61. The van der Waals surface area contributed by atoms with Crippen molar-refractivity contribution in [1.82, 2.24) is 0 Å². The van der Waals surface area contributed by atoms with Gasteiger partial charge in [0.15, 0.2) is 23.0 Å². The van der Waals surface area contributed by atoms with Crippen LogP contribution >= 0.6 is 11.6 Å². The molecule has 21 heavy (non-hydrogen) atoms. The second-order valence-electron chi connectivity index (χ2n) is 4.55. The zero-order valence-electron chi connectivity index (χ0n) is 11.4. The number of benzene rings is 2. The molecular weight excluding hydrogens is 294 g/mol. The molecule has 2 aromatic carbocycles. The minimum Gasteiger partial charge on any atom is -0.504 e. The second-order valence-corrected chi connectivity index (χ2v) is 4.96. The quantitative estimate of drug-likeness (QED) is 0.906. The molecule has 2 N–H and O–H groups in total. The van der Waals surface area contributed by atoms with Crippen molar-refractivity contribution in [3.05, 3.63) is 40.9 Å². The first-order chi connectivity index (χ1) is 10.2.